The maximum atomic E-state index is 11.8. The molecule has 8 heteroatoms. The molecule has 0 aliphatic heterocycles. The molecule has 0 aromatic carbocycles. The number of nitrogens with one attached hydrogen (secondary N) is 3. The number of H-pyrrole nitrogens is 2. The summed E-state index contributed by atoms with van der Waals surface area (Å²) in [4.78, 5) is 32.6. The minimum atomic E-state index is -0.536. The van der Waals surface area contributed by atoms with Gasteiger partial charge in [0.2, 0.25) is 0 Å². The van der Waals surface area contributed by atoms with Gasteiger partial charge in [0.25, 0.3) is 5.56 Å². The van der Waals surface area contributed by atoms with Crippen LogP contribution in [0.3, 0.4) is 0 Å². The van der Waals surface area contributed by atoms with E-state index in [0.29, 0.717) is 12.4 Å². The summed E-state index contributed by atoms with van der Waals surface area (Å²) in [5.74, 6) is 0.794. The molecule has 0 fully saturated rings. The highest BCUT2D eigenvalue weighted by molar-refractivity contribution is 5.61. The van der Waals surface area contributed by atoms with Crippen LogP contribution in [0.5, 0.6) is 0 Å². The van der Waals surface area contributed by atoms with Gasteiger partial charge in [-0.05, 0) is 13.8 Å². The van der Waals surface area contributed by atoms with Crippen LogP contribution in [-0.4, -0.2) is 19.5 Å². The van der Waals surface area contributed by atoms with Gasteiger partial charge in [0.1, 0.15) is 17.3 Å². The van der Waals surface area contributed by atoms with Crippen molar-refractivity contribution in [3.05, 3.63) is 39.1 Å². The molecule has 1 atom stereocenters. The maximum Gasteiger partial charge on any atom is 0.330 e. The average Bonchev–Trinajstić information content (AvgIpc) is 2.88. The van der Waals surface area contributed by atoms with E-state index in [0.717, 1.165) is 0 Å². The summed E-state index contributed by atoms with van der Waals surface area (Å²) in [5, 5.41) is 2.96. The quantitative estimate of drug-likeness (QED) is 0.621. The molecule has 2 aromatic rings. The Morgan fingerprint density at radius 3 is 2.84 bits per heavy atom. The Hall–Kier alpha value is -2.51. The number of nitrogens with two attached hydrogens (primary N) is 1. The highest BCUT2D eigenvalue weighted by Gasteiger charge is 2.15. The molecule has 0 spiro atoms. The lowest BCUT2D eigenvalue weighted by atomic mass is 10.3. The molecule has 0 saturated carbocycles. The molecule has 5 N–H and O–H groups in total. The second kappa shape index (κ2) is 5.01. The van der Waals surface area contributed by atoms with E-state index in [1.807, 2.05) is 6.92 Å². The zero-order chi connectivity index (χ0) is 14.0. The van der Waals surface area contributed by atoms with Crippen LogP contribution in [0, 0.1) is 0 Å². The first-order chi connectivity index (χ1) is 9.04. The third-order valence-corrected chi connectivity index (χ3v) is 2.85. The first-order valence-electron chi connectivity index (χ1n) is 5.93. The summed E-state index contributed by atoms with van der Waals surface area (Å²) in [6, 6.07) is -0.235. The van der Waals surface area contributed by atoms with Gasteiger partial charge in [-0.15, -0.1) is 0 Å². The van der Waals surface area contributed by atoms with Gasteiger partial charge < -0.3 is 16.0 Å². The van der Waals surface area contributed by atoms with Crippen LogP contribution >= 0.6 is 0 Å². The van der Waals surface area contributed by atoms with E-state index >= 15 is 0 Å². The molecule has 0 aliphatic rings. The third kappa shape index (κ3) is 2.37. The number of nitrogen functional groups attached to an aromatic ring is 1. The molecule has 2 aromatic heterocycles. The standard InChI is InChI=1S/C11H16N6O2/c1-3-17-8(12)7(10(18)16-11(17)19)15-6(2)9-13-4-5-14-9/h4-6,15H,3,12H2,1-2H3,(H,13,14)(H,16,18,19). The minimum Gasteiger partial charge on any atom is -0.383 e. The average molecular weight is 264 g/mol. The number of aromatic amines is 2. The van der Waals surface area contributed by atoms with Crippen molar-refractivity contribution in [2.45, 2.75) is 26.4 Å². The number of hydrogen-bond donors (Lipinski definition) is 4. The van der Waals surface area contributed by atoms with Crippen molar-refractivity contribution < 1.29 is 0 Å². The molecule has 19 heavy (non-hydrogen) atoms. The fourth-order valence-corrected chi connectivity index (χ4v) is 1.84. The van der Waals surface area contributed by atoms with Crippen LogP contribution in [0.25, 0.3) is 0 Å². The largest absolute Gasteiger partial charge is 0.383 e. The van der Waals surface area contributed by atoms with Crippen molar-refractivity contribution >= 4 is 11.5 Å². The van der Waals surface area contributed by atoms with Crippen molar-refractivity contribution in [1.29, 1.82) is 0 Å². The van der Waals surface area contributed by atoms with Crippen LogP contribution in [0.1, 0.15) is 25.7 Å². The first-order valence-corrected chi connectivity index (χ1v) is 5.93. The molecular formula is C11H16N6O2. The second-order valence-corrected chi connectivity index (χ2v) is 4.10. The number of hydrogen-bond acceptors (Lipinski definition) is 5. The Morgan fingerprint density at radius 2 is 2.26 bits per heavy atom. The van der Waals surface area contributed by atoms with Gasteiger partial charge >= 0.3 is 5.69 Å². The predicted molar refractivity (Wildman–Crippen MR) is 72.0 cm³/mol. The van der Waals surface area contributed by atoms with Gasteiger partial charge in [-0.25, -0.2) is 9.78 Å². The van der Waals surface area contributed by atoms with Crippen molar-refractivity contribution in [3.8, 4) is 0 Å². The molecule has 0 saturated heterocycles. The first kappa shape index (κ1) is 12.9. The molecule has 0 radical (unpaired) electrons. The monoisotopic (exact) mass is 264 g/mol. The number of anilines is 2. The van der Waals surface area contributed by atoms with E-state index in [2.05, 4.69) is 20.3 Å². The normalized spacial score (nSPS) is 12.3. The van der Waals surface area contributed by atoms with Crippen LogP contribution < -0.4 is 22.3 Å². The molecule has 0 amide bonds. The fraction of sp³-hybridized carbons (Fsp3) is 0.364. The Labute approximate surface area is 108 Å². The van der Waals surface area contributed by atoms with Crippen LogP contribution in [0.4, 0.5) is 11.5 Å². The Balaban J connectivity index is 2.41. The number of nitrogens with zero attached hydrogens (tertiary/aromatic N) is 2. The lowest BCUT2D eigenvalue weighted by molar-refractivity contribution is 0.701. The fourth-order valence-electron chi connectivity index (χ4n) is 1.84. The Bertz CT molecular complexity index is 669. The summed E-state index contributed by atoms with van der Waals surface area (Å²) in [5.41, 5.74) is 4.97. The number of rotatable bonds is 4. The number of imidazole rings is 1. The van der Waals surface area contributed by atoms with Gasteiger partial charge in [0.05, 0.1) is 6.04 Å². The van der Waals surface area contributed by atoms with E-state index in [1.54, 1.807) is 19.3 Å². The van der Waals surface area contributed by atoms with Crippen molar-refractivity contribution in [2.24, 2.45) is 0 Å². The minimum absolute atomic E-state index is 0.120. The maximum absolute atomic E-state index is 11.8. The zero-order valence-electron chi connectivity index (χ0n) is 10.7. The molecule has 102 valence electrons. The van der Waals surface area contributed by atoms with Gasteiger partial charge in [0.15, 0.2) is 0 Å². The molecule has 2 rings (SSSR count). The molecule has 0 aliphatic carbocycles. The Morgan fingerprint density at radius 1 is 1.53 bits per heavy atom. The van der Waals surface area contributed by atoms with Crippen molar-refractivity contribution in [2.75, 3.05) is 11.1 Å². The highest BCUT2D eigenvalue weighted by Crippen LogP contribution is 2.17. The van der Waals surface area contributed by atoms with E-state index in [-0.39, 0.29) is 17.5 Å². The van der Waals surface area contributed by atoms with Gasteiger partial charge in [-0.2, -0.15) is 0 Å². The molecule has 2 heterocycles. The predicted octanol–water partition coefficient (Wildman–Crippen LogP) is 0.0349. The summed E-state index contributed by atoms with van der Waals surface area (Å²) >= 11 is 0. The number of aromatic nitrogens is 4. The lowest BCUT2D eigenvalue weighted by Gasteiger charge is -2.16. The molecule has 0 bridgehead atoms. The molecular weight excluding hydrogens is 248 g/mol. The SMILES string of the molecule is CCn1c(N)c(NC(C)c2ncc[nH]2)c(=O)[nH]c1=O. The highest BCUT2D eigenvalue weighted by atomic mass is 16.2. The van der Waals surface area contributed by atoms with E-state index < -0.39 is 11.2 Å². The van der Waals surface area contributed by atoms with E-state index in [1.165, 1.54) is 4.57 Å². The molecule has 1 unspecified atom stereocenters. The summed E-state index contributed by atoms with van der Waals surface area (Å²) < 4.78 is 1.29. The zero-order valence-corrected chi connectivity index (χ0v) is 10.7. The third-order valence-electron chi connectivity index (χ3n) is 2.85. The van der Waals surface area contributed by atoms with Crippen molar-refractivity contribution in [3.63, 3.8) is 0 Å². The van der Waals surface area contributed by atoms with Crippen molar-refractivity contribution in [1.82, 2.24) is 19.5 Å². The van der Waals surface area contributed by atoms with E-state index in [9.17, 15) is 9.59 Å². The lowest BCUT2D eigenvalue weighted by Crippen LogP contribution is -2.34. The summed E-state index contributed by atoms with van der Waals surface area (Å²) in [6.07, 6.45) is 3.31. The van der Waals surface area contributed by atoms with E-state index in [4.69, 9.17) is 5.73 Å². The van der Waals surface area contributed by atoms with Crippen LogP contribution in [0.2, 0.25) is 0 Å². The van der Waals surface area contributed by atoms with Gasteiger partial charge in [-0.1, -0.05) is 0 Å². The van der Waals surface area contributed by atoms with Crippen LogP contribution in [-0.2, 0) is 6.54 Å². The smallest absolute Gasteiger partial charge is 0.330 e. The van der Waals surface area contributed by atoms with Crippen LogP contribution in [0.15, 0.2) is 22.0 Å². The van der Waals surface area contributed by atoms with Gasteiger partial charge in [0, 0.05) is 18.9 Å². The summed E-state index contributed by atoms with van der Waals surface area (Å²) in [7, 11) is 0. The summed E-state index contributed by atoms with van der Waals surface area (Å²) in [6.45, 7) is 3.99. The topological polar surface area (TPSA) is 122 Å². The molecule has 8 nitrogen and oxygen atoms in total. The van der Waals surface area contributed by atoms with Gasteiger partial charge in [-0.3, -0.25) is 14.3 Å². The second-order valence-electron chi connectivity index (χ2n) is 4.10. The Kier molecular flexibility index (Phi) is 3.41.